The normalized spacial score (nSPS) is 11.1. The van der Waals surface area contributed by atoms with Crippen molar-refractivity contribution in [3.05, 3.63) is 125 Å². The summed E-state index contributed by atoms with van der Waals surface area (Å²) in [7, 11) is 0. The van der Waals surface area contributed by atoms with Crippen LogP contribution in [0.4, 0.5) is 11.4 Å². The Balaban J connectivity index is 1.51. The summed E-state index contributed by atoms with van der Waals surface area (Å²) < 4.78 is 8.11. The predicted molar refractivity (Wildman–Crippen MR) is 151 cm³/mol. The van der Waals surface area contributed by atoms with E-state index in [1.165, 1.54) is 0 Å². The third-order valence-corrected chi connectivity index (χ3v) is 7.01. The molecule has 174 valence electrons. The monoisotopic (exact) mass is 484 g/mol. The molecule has 7 rings (SSSR count). The lowest BCUT2D eigenvalue weighted by molar-refractivity contribution is 0.669. The van der Waals surface area contributed by atoms with Gasteiger partial charge in [-0.05, 0) is 83.2 Å². The van der Waals surface area contributed by atoms with Gasteiger partial charge in [0.05, 0.1) is 35.8 Å². The largest absolute Gasteiger partial charge is 0.456 e. The summed E-state index contributed by atoms with van der Waals surface area (Å²) in [5.41, 5.74) is 7.84. The van der Waals surface area contributed by atoms with Crippen LogP contribution in [0.15, 0.2) is 101 Å². The van der Waals surface area contributed by atoms with Crippen molar-refractivity contribution in [2.24, 2.45) is 0 Å². The molecule has 5 aromatic carbocycles. The summed E-state index contributed by atoms with van der Waals surface area (Å²) in [4.78, 5) is 7.38. The van der Waals surface area contributed by atoms with Gasteiger partial charge in [-0.15, -0.1) is 0 Å². The minimum absolute atomic E-state index is 0.524. The summed E-state index contributed by atoms with van der Waals surface area (Å²) in [6.45, 7) is 15.3. The van der Waals surface area contributed by atoms with E-state index < -0.39 is 0 Å². The second-order valence-electron chi connectivity index (χ2n) is 9.15. The van der Waals surface area contributed by atoms with Crippen LogP contribution in [0.5, 0.6) is 0 Å². The van der Waals surface area contributed by atoms with Crippen LogP contribution in [0, 0.1) is 24.5 Å². The van der Waals surface area contributed by atoms with Gasteiger partial charge in [-0.2, -0.15) is 5.26 Å². The lowest BCUT2D eigenvalue weighted by Crippen LogP contribution is -1.94. The topological polar surface area (TPSA) is 50.6 Å². The van der Waals surface area contributed by atoms with Gasteiger partial charge in [-0.1, -0.05) is 30.3 Å². The standard InChI is InChI=1S/C33H16N4O/c1-35-23-9-11-31-28(18-23)27-13-20(19-34)7-10-30(27)37(31)25-15-22(14-24(17-25)36-2)21-8-12-33-29(16-21)26-5-3-4-6-32(26)38-33/h3-18H. The number of fused-ring (bicyclic) bond motifs is 6. The molecule has 5 nitrogen and oxygen atoms in total. The van der Waals surface area contributed by atoms with Crippen molar-refractivity contribution in [1.29, 1.82) is 5.26 Å². The molecule has 0 aliphatic carbocycles. The van der Waals surface area contributed by atoms with Crippen LogP contribution in [0.3, 0.4) is 0 Å². The molecule has 0 aliphatic heterocycles. The second kappa shape index (κ2) is 8.10. The van der Waals surface area contributed by atoms with Crippen LogP contribution in [0.2, 0.25) is 0 Å². The molecule has 0 atom stereocenters. The number of hydrogen-bond donors (Lipinski definition) is 0. The summed E-state index contributed by atoms with van der Waals surface area (Å²) >= 11 is 0. The number of nitrogens with zero attached hydrogens (tertiary/aromatic N) is 4. The fourth-order valence-corrected chi connectivity index (χ4v) is 5.29. The highest BCUT2D eigenvalue weighted by Gasteiger charge is 2.16. The van der Waals surface area contributed by atoms with Crippen molar-refractivity contribution >= 4 is 55.1 Å². The highest BCUT2D eigenvalue weighted by Crippen LogP contribution is 2.38. The molecule has 38 heavy (non-hydrogen) atoms. The number of aromatic nitrogens is 1. The molecule has 0 radical (unpaired) electrons. The minimum atomic E-state index is 0.524. The van der Waals surface area contributed by atoms with Gasteiger partial charge < -0.3 is 8.98 Å². The Morgan fingerprint density at radius 3 is 2.21 bits per heavy atom. The molecule has 0 fully saturated rings. The second-order valence-corrected chi connectivity index (χ2v) is 9.15. The van der Waals surface area contributed by atoms with E-state index >= 15 is 0 Å². The average molecular weight is 485 g/mol. The first-order chi connectivity index (χ1) is 18.7. The fourth-order valence-electron chi connectivity index (χ4n) is 5.29. The van der Waals surface area contributed by atoms with Crippen molar-refractivity contribution in [3.63, 3.8) is 0 Å². The molecule has 0 unspecified atom stereocenters. The molecule has 0 aliphatic rings. The summed E-state index contributed by atoms with van der Waals surface area (Å²) in [5.74, 6) is 0. The zero-order valence-electron chi connectivity index (χ0n) is 19.9. The van der Waals surface area contributed by atoms with Gasteiger partial charge in [0.2, 0.25) is 0 Å². The molecule has 0 bridgehead atoms. The SMILES string of the molecule is [C-]#[N+]c1cc(-c2ccc3oc4ccccc4c3c2)cc(-n2c3ccc(C#N)cc3c3cc([N+]#[C-])ccc32)c1. The van der Waals surface area contributed by atoms with E-state index in [1.54, 1.807) is 12.1 Å². The van der Waals surface area contributed by atoms with Crippen molar-refractivity contribution in [3.8, 4) is 22.9 Å². The molecule has 0 amide bonds. The van der Waals surface area contributed by atoms with E-state index in [1.807, 2.05) is 66.7 Å². The molecule has 5 heteroatoms. The fraction of sp³-hybridized carbons (Fsp3) is 0. The van der Waals surface area contributed by atoms with Crippen molar-refractivity contribution in [2.45, 2.75) is 0 Å². The van der Waals surface area contributed by atoms with Crippen molar-refractivity contribution < 1.29 is 4.42 Å². The van der Waals surface area contributed by atoms with E-state index in [4.69, 9.17) is 17.6 Å². The zero-order chi connectivity index (χ0) is 25.8. The lowest BCUT2D eigenvalue weighted by Gasteiger charge is -2.12. The molecular formula is C33H16N4O. The first-order valence-corrected chi connectivity index (χ1v) is 12.0. The van der Waals surface area contributed by atoms with Crippen LogP contribution in [-0.4, -0.2) is 4.57 Å². The quantitative estimate of drug-likeness (QED) is 0.230. The van der Waals surface area contributed by atoms with Gasteiger partial charge in [0, 0.05) is 21.8 Å². The summed E-state index contributed by atoms with van der Waals surface area (Å²) in [6, 6.07) is 33.3. The zero-order valence-corrected chi connectivity index (χ0v) is 19.9. The molecule has 2 aromatic heterocycles. The highest BCUT2D eigenvalue weighted by atomic mass is 16.3. The number of hydrogen-bond acceptors (Lipinski definition) is 2. The Hall–Kier alpha value is -5.83. The number of rotatable bonds is 2. The van der Waals surface area contributed by atoms with Gasteiger partial charge in [-0.25, -0.2) is 9.69 Å². The average Bonchev–Trinajstić information content (AvgIpc) is 3.51. The van der Waals surface area contributed by atoms with Gasteiger partial charge in [0.15, 0.2) is 11.4 Å². The Morgan fingerprint density at radius 2 is 1.39 bits per heavy atom. The van der Waals surface area contributed by atoms with Gasteiger partial charge in [0.1, 0.15) is 11.2 Å². The predicted octanol–water partition coefficient (Wildman–Crippen LogP) is 9.32. The molecule has 0 N–H and O–H groups in total. The van der Waals surface area contributed by atoms with Crippen LogP contribution in [0.25, 0.3) is 70.2 Å². The van der Waals surface area contributed by atoms with E-state index in [2.05, 4.69) is 38.5 Å². The molecular weight excluding hydrogens is 468 g/mol. The van der Waals surface area contributed by atoms with Gasteiger partial charge in [-0.3, -0.25) is 0 Å². The third kappa shape index (κ3) is 3.16. The van der Waals surface area contributed by atoms with Crippen LogP contribution in [-0.2, 0) is 0 Å². The van der Waals surface area contributed by atoms with Crippen LogP contribution in [0.1, 0.15) is 5.56 Å². The number of nitriles is 1. The molecule has 0 spiro atoms. The summed E-state index contributed by atoms with van der Waals surface area (Å²) in [5, 5.41) is 13.4. The number of benzene rings is 5. The highest BCUT2D eigenvalue weighted by molar-refractivity contribution is 6.11. The van der Waals surface area contributed by atoms with E-state index in [0.717, 1.165) is 60.6 Å². The smallest absolute Gasteiger partial charge is 0.189 e. The van der Waals surface area contributed by atoms with Crippen molar-refractivity contribution in [1.82, 2.24) is 4.57 Å². The van der Waals surface area contributed by atoms with Crippen LogP contribution >= 0.6 is 0 Å². The van der Waals surface area contributed by atoms with E-state index in [-0.39, 0.29) is 0 Å². The van der Waals surface area contributed by atoms with Gasteiger partial charge >= 0.3 is 0 Å². The molecule has 0 saturated carbocycles. The Kier molecular flexibility index (Phi) is 4.57. The van der Waals surface area contributed by atoms with Gasteiger partial charge in [0.25, 0.3) is 0 Å². The Labute approximate surface area is 217 Å². The lowest BCUT2D eigenvalue weighted by atomic mass is 10.0. The Morgan fingerprint density at radius 1 is 0.632 bits per heavy atom. The maximum absolute atomic E-state index is 9.50. The van der Waals surface area contributed by atoms with Crippen molar-refractivity contribution in [2.75, 3.05) is 0 Å². The molecule has 7 aromatic rings. The van der Waals surface area contributed by atoms with E-state index in [0.29, 0.717) is 16.9 Å². The first-order valence-electron chi connectivity index (χ1n) is 12.0. The third-order valence-electron chi connectivity index (χ3n) is 7.01. The molecule has 2 heterocycles. The maximum atomic E-state index is 9.50. The first kappa shape index (κ1) is 21.5. The molecule has 0 saturated heterocycles. The number of furan rings is 1. The number of para-hydroxylation sites is 1. The minimum Gasteiger partial charge on any atom is -0.456 e. The van der Waals surface area contributed by atoms with E-state index in [9.17, 15) is 5.26 Å². The Bertz CT molecular complexity index is 2160. The van der Waals surface area contributed by atoms with Crippen LogP contribution < -0.4 is 0 Å². The summed E-state index contributed by atoms with van der Waals surface area (Å²) in [6.07, 6.45) is 0. The maximum Gasteiger partial charge on any atom is 0.189 e.